The third-order valence-electron chi connectivity index (χ3n) is 2.49. The van der Waals surface area contributed by atoms with Crippen LogP contribution in [0, 0.1) is 0 Å². The molecule has 2 atom stereocenters. The first-order valence-corrected chi connectivity index (χ1v) is 11.4. The van der Waals surface area contributed by atoms with Crippen LogP contribution in [-0.4, -0.2) is 72.1 Å². The summed E-state index contributed by atoms with van der Waals surface area (Å²) in [4.78, 5) is 4.14. The molecule has 0 bridgehead atoms. The fourth-order valence-electron chi connectivity index (χ4n) is 1.49. The third-order valence-corrected chi connectivity index (χ3v) is 6.36. The maximum absolute atomic E-state index is 12.4. The van der Waals surface area contributed by atoms with Crippen LogP contribution in [0.25, 0.3) is 0 Å². The van der Waals surface area contributed by atoms with E-state index in [2.05, 4.69) is 22.6 Å². The van der Waals surface area contributed by atoms with Gasteiger partial charge in [0.1, 0.15) is 0 Å². The zero-order chi connectivity index (χ0) is 17.9. The Morgan fingerprint density at radius 3 is 2.30 bits per heavy atom. The van der Waals surface area contributed by atoms with Gasteiger partial charge in [0, 0.05) is 37.0 Å². The topological polar surface area (TPSA) is 125 Å². The number of thiol groups is 1. The number of nitrogens with one attached hydrogen (secondary N) is 1. The molecule has 0 amide bonds. The van der Waals surface area contributed by atoms with Crippen LogP contribution in [0.5, 0.6) is 0 Å². The van der Waals surface area contributed by atoms with E-state index in [1.54, 1.807) is 0 Å². The molecular formula is C9H21Cl2N2O7PS2. The minimum absolute atomic E-state index is 0.166. The van der Waals surface area contributed by atoms with Crippen LogP contribution < -0.4 is 5.09 Å². The summed E-state index contributed by atoms with van der Waals surface area (Å²) in [6, 6.07) is 0. The van der Waals surface area contributed by atoms with Crippen molar-refractivity contribution in [2.45, 2.75) is 12.6 Å². The Morgan fingerprint density at radius 1 is 1.39 bits per heavy atom. The molecule has 1 fully saturated rings. The number of halogens is 2. The van der Waals surface area contributed by atoms with Crippen LogP contribution in [0.2, 0.25) is 0 Å². The molecule has 1 aliphatic rings. The predicted molar refractivity (Wildman–Crippen MR) is 92.1 cm³/mol. The molecular weight excluding hydrogens is 414 g/mol. The molecule has 3 N–H and O–H groups in total. The molecule has 0 saturated carbocycles. The molecule has 0 aromatic heterocycles. The van der Waals surface area contributed by atoms with Crippen LogP contribution in [-0.2, 0) is 24.1 Å². The van der Waals surface area contributed by atoms with Gasteiger partial charge in [-0.1, -0.05) is 0 Å². The standard InChI is InChI=1S/C7H15Cl2N2O4P.C2H6O3S2/c8-2-4-11(5-3-9)16(13)10-7(15-12)1-6-14-16;3-7(4,5)2-1-6/h7,12H,1-6H2,(H,10,13);6H,1-2H2,(H,3,4,5). The van der Waals surface area contributed by atoms with Crippen molar-refractivity contribution >= 4 is 53.6 Å². The van der Waals surface area contributed by atoms with Gasteiger partial charge in [0.05, 0.1) is 12.4 Å². The molecule has 0 aromatic carbocycles. The zero-order valence-electron chi connectivity index (χ0n) is 12.2. The summed E-state index contributed by atoms with van der Waals surface area (Å²) in [6.45, 7) is 1.02. The van der Waals surface area contributed by atoms with Crippen LogP contribution in [0.4, 0.5) is 0 Å². The SMILES string of the molecule is O=P1(N(CCCl)CCCl)NC(OO)CCO1.O=S(=O)(O)CCS. The van der Waals surface area contributed by atoms with E-state index in [9.17, 15) is 13.0 Å². The number of alkyl halides is 2. The lowest BCUT2D eigenvalue weighted by Gasteiger charge is -2.35. The van der Waals surface area contributed by atoms with Crippen LogP contribution in [0.3, 0.4) is 0 Å². The summed E-state index contributed by atoms with van der Waals surface area (Å²) in [6.07, 6.45) is -0.261. The van der Waals surface area contributed by atoms with E-state index < -0.39 is 24.0 Å². The van der Waals surface area contributed by atoms with Crippen LogP contribution >= 0.6 is 43.5 Å². The molecule has 14 heteroatoms. The van der Waals surface area contributed by atoms with Gasteiger partial charge in [0.2, 0.25) is 0 Å². The van der Waals surface area contributed by atoms with Gasteiger partial charge in [0.15, 0.2) is 6.23 Å². The van der Waals surface area contributed by atoms with Crippen molar-refractivity contribution in [3.8, 4) is 0 Å². The molecule has 1 aliphatic heterocycles. The van der Waals surface area contributed by atoms with Gasteiger partial charge in [-0.2, -0.15) is 21.0 Å². The molecule has 1 heterocycles. The lowest BCUT2D eigenvalue weighted by molar-refractivity contribution is -0.286. The van der Waals surface area contributed by atoms with Crippen molar-refractivity contribution < 1.29 is 32.2 Å². The Kier molecular flexibility index (Phi) is 12.7. The van der Waals surface area contributed by atoms with Crippen LogP contribution in [0.15, 0.2) is 0 Å². The maximum atomic E-state index is 12.4. The van der Waals surface area contributed by atoms with E-state index in [1.165, 1.54) is 4.67 Å². The summed E-state index contributed by atoms with van der Waals surface area (Å²) >= 11 is 14.8. The molecule has 0 spiro atoms. The molecule has 23 heavy (non-hydrogen) atoms. The highest BCUT2D eigenvalue weighted by Crippen LogP contribution is 2.49. The highest BCUT2D eigenvalue weighted by molar-refractivity contribution is 7.87. The summed E-state index contributed by atoms with van der Waals surface area (Å²) in [5.74, 6) is 0.530. The van der Waals surface area contributed by atoms with Gasteiger partial charge >= 0.3 is 7.67 Å². The first kappa shape index (κ1) is 23.9. The Bertz CT molecular complexity index is 465. The van der Waals surface area contributed by atoms with Crippen molar-refractivity contribution in [1.29, 1.82) is 0 Å². The molecule has 1 rings (SSSR count). The first-order chi connectivity index (χ1) is 10.7. The number of hydrogen-bond donors (Lipinski definition) is 4. The van der Waals surface area contributed by atoms with Crippen molar-refractivity contribution in [2.75, 3.05) is 43.0 Å². The zero-order valence-corrected chi connectivity index (χ0v) is 16.3. The summed E-state index contributed by atoms with van der Waals surface area (Å²) in [7, 11) is -6.95. The minimum atomic E-state index is -3.75. The Hall–Kier alpha value is 0.870. The first-order valence-electron chi connectivity index (χ1n) is 6.48. The smallest absolute Gasteiger partial charge is 0.306 e. The highest BCUT2D eigenvalue weighted by atomic mass is 35.5. The van der Waals surface area contributed by atoms with Gasteiger partial charge in [0.25, 0.3) is 10.1 Å². The normalized spacial score (nSPS) is 25.0. The van der Waals surface area contributed by atoms with Crippen LogP contribution in [0.1, 0.15) is 6.42 Å². The summed E-state index contributed by atoms with van der Waals surface area (Å²) in [5, 5.41) is 11.2. The third kappa shape index (κ3) is 10.5. The number of nitrogens with zero attached hydrogens (tertiary/aromatic N) is 1. The van der Waals surface area contributed by atoms with Gasteiger partial charge in [-0.05, 0) is 0 Å². The second-order valence-electron chi connectivity index (χ2n) is 4.21. The second kappa shape index (κ2) is 12.3. The van der Waals surface area contributed by atoms with E-state index in [0.29, 0.717) is 31.3 Å². The Labute approximate surface area is 151 Å². The van der Waals surface area contributed by atoms with Crippen molar-refractivity contribution in [2.24, 2.45) is 0 Å². The molecule has 9 nitrogen and oxygen atoms in total. The monoisotopic (exact) mass is 434 g/mol. The molecule has 0 aliphatic carbocycles. The quantitative estimate of drug-likeness (QED) is 0.112. The Morgan fingerprint density at radius 2 is 1.96 bits per heavy atom. The van der Waals surface area contributed by atoms with E-state index in [-0.39, 0.29) is 18.1 Å². The highest BCUT2D eigenvalue weighted by Gasteiger charge is 2.37. The lowest BCUT2D eigenvalue weighted by Crippen LogP contribution is -2.42. The molecule has 1 saturated heterocycles. The van der Waals surface area contributed by atoms with Crippen molar-refractivity contribution in [1.82, 2.24) is 9.76 Å². The average molecular weight is 435 g/mol. The number of rotatable bonds is 8. The lowest BCUT2D eigenvalue weighted by atomic mass is 10.4. The molecule has 140 valence electrons. The molecule has 2 unspecified atom stereocenters. The van der Waals surface area contributed by atoms with E-state index in [1.807, 2.05) is 0 Å². The maximum Gasteiger partial charge on any atom is 0.345 e. The Balaban J connectivity index is 0.000000585. The van der Waals surface area contributed by atoms with Gasteiger partial charge in [-0.25, -0.2) is 14.6 Å². The van der Waals surface area contributed by atoms with E-state index in [0.717, 1.165) is 0 Å². The van der Waals surface area contributed by atoms with Crippen molar-refractivity contribution in [3.63, 3.8) is 0 Å². The summed E-state index contributed by atoms with van der Waals surface area (Å²) < 4.78 is 46.6. The van der Waals surface area contributed by atoms with Gasteiger partial charge in [-0.3, -0.25) is 14.4 Å². The predicted octanol–water partition coefficient (Wildman–Crippen LogP) is 1.50. The van der Waals surface area contributed by atoms with E-state index in [4.69, 9.17) is 37.5 Å². The van der Waals surface area contributed by atoms with E-state index >= 15 is 0 Å². The van der Waals surface area contributed by atoms with Gasteiger partial charge in [-0.15, -0.1) is 23.2 Å². The summed E-state index contributed by atoms with van der Waals surface area (Å²) in [5.41, 5.74) is 0. The fraction of sp³-hybridized carbons (Fsp3) is 1.00. The molecule has 0 radical (unpaired) electrons. The van der Waals surface area contributed by atoms with Crippen molar-refractivity contribution in [3.05, 3.63) is 0 Å². The average Bonchev–Trinajstić information content (AvgIpc) is 2.46. The minimum Gasteiger partial charge on any atom is -0.306 e. The molecule has 0 aromatic rings. The van der Waals surface area contributed by atoms with Gasteiger partial charge < -0.3 is 4.52 Å². The number of hydrogen-bond acceptors (Lipinski definition) is 7. The largest absolute Gasteiger partial charge is 0.345 e. The fourth-order valence-corrected chi connectivity index (χ4v) is 5.08. The second-order valence-corrected chi connectivity index (χ2v) is 9.10.